The van der Waals surface area contributed by atoms with E-state index in [9.17, 15) is 9.59 Å². The summed E-state index contributed by atoms with van der Waals surface area (Å²) in [5.74, 6) is 1.01. The van der Waals surface area contributed by atoms with Crippen LogP contribution >= 0.6 is 0 Å². The summed E-state index contributed by atoms with van der Waals surface area (Å²) >= 11 is 0. The third-order valence-electron chi connectivity index (χ3n) is 4.19. The maximum Gasteiger partial charge on any atom is 0.236 e. The first-order valence-corrected chi connectivity index (χ1v) is 9.28. The van der Waals surface area contributed by atoms with Gasteiger partial charge in [0.15, 0.2) is 0 Å². The summed E-state index contributed by atoms with van der Waals surface area (Å²) in [5.41, 5.74) is 0.790. The van der Waals surface area contributed by atoms with E-state index in [1.54, 1.807) is 0 Å². The highest BCUT2D eigenvalue weighted by molar-refractivity contribution is 6.00. The number of amides is 2. The summed E-state index contributed by atoms with van der Waals surface area (Å²) in [6, 6.07) is 5.52. The molecule has 0 saturated carbocycles. The fraction of sp³-hybridized carbons (Fsp3) is 0.619. The minimum Gasteiger partial charge on any atom is -0.490 e. The van der Waals surface area contributed by atoms with Gasteiger partial charge in [0.25, 0.3) is 0 Å². The van der Waals surface area contributed by atoms with E-state index in [1.165, 1.54) is 0 Å². The summed E-state index contributed by atoms with van der Waals surface area (Å²) in [5, 5.41) is 2.93. The molecule has 26 heavy (non-hydrogen) atoms. The number of benzene rings is 1. The summed E-state index contributed by atoms with van der Waals surface area (Å²) in [6.45, 7) is 15.0. The lowest BCUT2D eigenvalue weighted by Crippen LogP contribution is -2.43. The molecule has 5 nitrogen and oxygen atoms in total. The molecule has 1 heterocycles. The Bertz CT molecular complexity index is 687. The first-order chi connectivity index (χ1) is 11.9. The monoisotopic (exact) mass is 360 g/mol. The Kier molecular flexibility index (Phi) is 5.69. The number of carbonyl (C=O) groups excluding carboxylic acids is 2. The van der Waals surface area contributed by atoms with Crippen LogP contribution < -0.4 is 15.0 Å². The quantitative estimate of drug-likeness (QED) is 0.862. The van der Waals surface area contributed by atoms with E-state index in [1.807, 2.05) is 57.7 Å². The molecule has 1 aromatic rings. The molecule has 0 aromatic heterocycles. The molecule has 0 radical (unpaired) electrons. The van der Waals surface area contributed by atoms with Gasteiger partial charge in [0.05, 0.1) is 11.1 Å². The van der Waals surface area contributed by atoms with Crippen molar-refractivity contribution >= 4 is 23.2 Å². The van der Waals surface area contributed by atoms with Crippen LogP contribution in [0.3, 0.4) is 0 Å². The summed E-state index contributed by atoms with van der Waals surface area (Å²) < 4.78 is 5.96. The predicted molar refractivity (Wildman–Crippen MR) is 106 cm³/mol. The molecule has 1 aliphatic rings. The van der Waals surface area contributed by atoms with Crippen molar-refractivity contribution in [2.75, 3.05) is 23.4 Å². The van der Waals surface area contributed by atoms with Gasteiger partial charge < -0.3 is 15.0 Å². The van der Waals surface area contributed by atoms with Crippen molar-refractivity contribution in [3.8, 4) is 5.75 Å². The van der Waals surface area contributed by atoms with Gasteiger partial charge >= 0.3 is 0 Å². The minimum absolute atomic E-state index is 0.0264. The fourth-order valence-electron chi connectivity index (χ4n) is 2.96. The van der Waals surface area contributed by atoms with Gasteiger partial charge in [-0.3, -0.25) is 9.59 Å². The van der Waals surface area contributed by atoms with Gasteiger partial charge in [-0.1, -0.05) is 34.6 Å². The van der Waals surface area contributed by atoms with Crippen molar-refractivity contribution in [1.82, 2.24) is 0 Å². The Morgan fingerprint density at radius 3 is 2.54 bits per heavy atom. The minimum atomic E-state index is -0.594. The van der Waals surface area contributed by atoms with Gasteiger partial charge in [-0.2, -0.15) is 0 Å². The molecule has 0 unspecified atom stereocenters. The van der Waals surface area contributed by atoms with Gasteiger partial charge in [0.2, 0.25) is 11.8 Å². The van der Waals surface area contributed by atoms with Crippen molar-refractivity contribution in [2.45, 2.75) is 54.9 Å². The summed E-state index contributed by atoms with van der Waals surface area (Å²) in [4.78, 5) is 27.0. The van der Waals surface area contributed by atoms with Crippen molar-refractivity contribution in [1.29, 1.82) is 0 Å². The standard InChI is InChI=1S/C21H32N2O3/c1-14(2)12-23-16-9-8-15(22-18(24)11-20(3,4)5)10-17(16)26-13-21(6,7)19(23)25/h8-10,14H,11-13H2,1-7H3,(H,22,24). The first-order valence-electron chi connectivity index (χ1n) is 9.28. The fourth-order valence-corrected chi connectivity index (χ4v) is 2.96. The normalized spacial score (nSPS) is 16.8. The molecule has 0 bridgehead atoms. The second kappa shape index (κ2) is 7.29. The van der Waals surface area contributed by atoms with Crippen LogP contribution in [0.1, 0.15) is 54.9 Å². The molecule has 2 rings (SSSR count). The Morgan fingerprint density at radius 1 is 1.31 bits per heavy atom. The first kappa shape index (κ1) is 20.3. The molecule has 0 saturated heterocycles. The molecule has 1 aliphatic heterocycles. The SMILES string of the molecule is CC(C)CN1C(=O)C(C)(C)COc2cc(NC(=O)CC(C)(C)C)ccc21. The van der Waals surface area contributed by atoms with E-state index in [0.717, 1.165) is 5.69 Å². The third kappa shape index (κ3) is 4.99. The average Bonchev–Trinajstić information content (AvgIpc) is 2.55. The number of nitrogens with zero attached hydrogens (tertiary/aromatic N) is 1. The number of rotatable bonds is 4. The second-order valence-electron chi connectivity index (χ2n) is 9.45. The van der Waals surface area contributed by atoms with Gasteiger partial charge in [-0.15, -0.1) is 0 Å². The lowest BCUT2D eigenvalue weighted by Gasteiger charge is -2.29. The van der Waals surface area contributed by atoms with E-state index in [4.69, 9.17) is 4.74 Å². The van der Waals surface area contributed by atoms with E-state index in [0.29, 0.717) is 36.9 Å². The lowest BCUT2D eigenvalue weighted by atomic mass is 9.92. The predicted octanol–water partition coefficient (Wildman–Crippen LogP) is 4.47. The van der Waals surface area contributed by atoms with Crippen LogP contribution in [0.2, 0.25) is 0 Å². The highest BCUT2D eigenvalue weighted by atomic mass is 16.5. The van der Waals surface area contributed by atoms with E-state index in [2.05, 4.69) is 19.2 Å². The van der Waals surface area contributed by atoms with Crippen molar-refractivity contribution in [3.05, 3.63) is 18.2 Å². The molecule has 0 fully saturated rings. The molecule has 5 heteroatoms. The van der Waals surface area contributed by atoms with Crippen molar-refractivity contribution in [2.24, 2.45) is 16.7 Å². The number of anilines is 2. The number of hydrogen-bond acceptors (Lipinski definition) is 3. The van der Waals surface area contributed by atoms with Gasteiger partial charge in [0.1, 0.15) is 12.4 Å². The van der Waals surface area contributed by atoms with Gasteiger partial charge in [-0.05, 0) is 37.3 Å². The zero-order valence-electron chi connectivity index (χ0n) is 17.1. The topological polar surface area (TPSA) is 58.6 Å². The summed E-state index contributed by atoms with van der Waals surface area (Å²) in [6.07, 6.45) is 0.440. The second-order valence-corrected chi connectivity index (χ2v) is 9.45. The number of hydrogen-bond donors (Lipinski definition) is 1. The number of fused-ring (bicyclic) bond motifs is 1. The van der Waals surface area contributed by atoms with Crippen molar-refractivity contribution < 1.29 is 14.3 Å². The summed E-state index contributed by atoms with van der Waals surface area (Å²) in [7, 11) is 0. The Morgan fingerprint density at radius 2 is 1.96 bits per heavy atom. The number of carbonyl (C=O) groups is 2. The Labute approximate surface area is 157 Å². The van der Waals surface area contributed by atoms with Crippen LogP contribution in [0, 0.1) is 16.7 Å². The van der Waals surface area contributed by atoms with E-state index in [-0.39, 0.29) is 17.2 Å². The molecule has 144 valence electrons. The van der Waals surface area contributed by atoms with Crippen LogP contribution in [0.15, 0.2) is 18.2 Å². The van der Waals surface area contributed by atoms with Crippen molar-refractivity contribution in [3.63, 3.8) is 0 Å². The van der Waals surface area contributed by atoms with Crippen LogP contribution in [0.4, 0.5) is 11.4 Å². The average molecular weight is 360 g/mol. The van der Waals surface area contributed by atoms with Gasteiger partial charge in [0, 0.05) is 24.7 Å². The largest absolute Gasteiger partial charge is 0.490 e. The van der Waals surface area contributed by atoms with Crippen LogP contribution in [-0.4, -0.2) is 25.0 Å². The van der Waals surface area contributed by atoms with Crippen LogP contribution in [0.25, 0.3) is 0 Å². The molecule has 0 spiro atoms. The molecule has 1 aromatic carbocycles. The molecule has 0 aliphatic carbocycles. The molecule has 0 atom stereocenters. The van der Waals surface area contributed by atoms with E-state index >= 15 is 0 Å². The molecule has 2 amide bonds. The van der Waals surface area contributed by atoms with Gasteiger partial charge in [-0.25, -0.2) is 0 Å². The zero-order chi connectivity index (χ0) is 19.7. The smallest absolute Gasteiger partial charge is 0.236 e. The zero-order valence-corrected chi connectivity index (χ0v) is 17.1. The Balaban J connectivity index is 2.31. The maximum atomic E-state index is 13.0. The molecule has 1 N–H and O–H groups in total. The maximum absolute atomic E-state index is 13.0. The van der Waals surface area contributed by atoms with Crippen LogP contribution in [-0.2, 0) is 9.59 Å². The van der Waals surface area contributed by atoms with Crippen LogP contribution in [0.5, 0.6) is 5.75 Å². The number of ether oxygens (including phenoxy) is 1. The molecular weight excluding hydrogens is 328 g/mol. The van der Waals surface area contributed by atoms with E-state index < -0.39 is 5.41 Å². The third-order valence-corrected chi connectivity index (χ3v) is 4.19. The highest BCUT2D eigenvalue weighted by Gasteiger charge is 2.38. The lowest BCUT2D eigenvalue weighted by molar-refractivity contribution is -0.127. The Hall–Kier alpha value is -2.04. The highest BCUT2D eigenvalue weighted by Crippen LogP contribution is 2.38. The number of nitrogens with one attached hydrogen (secondary N) is 1. The molecular formula is C21H32N2O3.